The number of nitrogens with zero attached hydrogens (tertiary/aromatic N) is 2. The highest BCUT2D eigenvalue weighted by Gasteiger charge is 2.15. The molecule has 1 aromatic heterocycles. The molecule has 0 atom stereocenters. The van der Waals surface area contributed by atoms with Gasteiger partial charge in [-0.05, 0) is 42.6 Å². The zero-order chi connectivity index (χ0) is 13.8. The van der Waals surface area contributed by atoms with Crippen molar-refractivity contribution in [3.05, 3.63) is 38.8 Å². The molecule has 1 heterocycles. The second kappa shape index (κ2) is 6.25. The van der Waals surface area contributed by atoms with E-state index < -0.39 is 0 Å². The standard InChI is InChI=1S/C13H14BrN3OS/c1-3-4-11-12(19-17-16-11)13(18)15-9-6-5-8(2)10(14)7-9/h5-7H,3-4H2,1-2H3,(H,15,18). The molecule has 0 saturated heterocycles. The molecule has 6 heteroatoms. The van der Waals surface area contributed by atoms with Crippen LogP contribution in [-0.4, -0.2) is 15.5 Å². The number of carbonyl (C=O) groups excluding carboxylic acids is 1. The molecule has 0 fully saturated rings. The number of amides is 1. The second-order valence-electron chi connectivity index (χ2n) is 4.22. The van der Waals surface area contributed by atoms with Gasteiger partial charge in [0.2, 0.25) is 0 Å². The first-order chi connectivity index (χ1) is 9.11. The van der Waals surface area contributed by atoms with E-state index in [0.717, 1.165) is 45.8 Å². The van der Waals surface area contributed by atoms with Gasteiger partial charge >= 0.3 is 0 Å². The average molecular weight is 340 g/mol. The Bertz CT molecular complexity index is 597. The molecule has 100 valence electrons. The van der Waals surface area contributed by atoms with Crippen LogP contribution in [0, 0.1) is 6.92 Å². The summed E-state index contributed by atoms with van der Waals surface area (Å²) in [5.41, 5.74) is 2.67. The van der Waals surface area contributed by atoms with Crippen molar-refractivity contribution in [2.45, 2.75) is 26.7 Å². The lowest BCUT2D eigenvalue weighted by Crippen LogP contribution is -2.12. The Kier molecular flexibility index (Phi) is 4.66. The summed E-state index contributed by atoms with van der Waals surface area (Å²) in [5.74, 6) is -0.144. The van der Waals surface area contributed by atoms with Crippen LogP contribution >= 0.6 is 27.5 Å². The highest BCUT2D eigenvalue weighted by Crippen LogP contribution is 2.22. The minimum atomic E-state index is -0.144. The normalized spacial score (nSPS) is 10.5. The Labute approximate surface area is 124 Å². The summed E-state index contributed by atoms with van der Waals surface area (Å²) < 4.78 is 4.83. The van der Waals surface area contributed by atoms with Gasteiger partial charge in [-0.15, -0.1) is 5.10 Å². The molecule has 19 heavy (non-hydrogen) atoms. The molecule has 0 spiro atoms. The third-order valence-electron chi connectivity index (χ3n) is 2.68. The minimum absolute atomic E-state index is 0.144. The largest absolute Gasteiger partial charge is 0.321 e. The van der Waals surface area contributed by atoms with E-state index in [0.29, 0.717) is 4.88 Å². The van der Waals surface area contributed by atoms with Gasteiger partial charge in [0.15, 0.2) is 0 Å². The summed E-state index contributed by atoms with van der Waals surface area (Å²) in [5, 5.41) is 6.87. The van der Waals surface area contributed by atoms with Crippen LogP contribution in [0.25, 0.3) is 0 Å². The zero-order valence-corrected chi connectivity index (χ0v) is 13.1. The topological polar surface area (TPSA) is 54.9 Å². The van der Waals surface area contributed by atoms with Gasteiger partial charge in [0.05, 0.1) is 5.69 Å². The van der Waals surface area contributed by atoms with Gasteiger partial charge in [-0.25, -0.2) is 0 Å². The van der Waals surface area contributed by atoms with Gasteiger partial charge in [-0.2, -0.15) is 0 Å². The quantitative estimate of drug-likeness (QED) is 0.921. The van der Waals surface area contributed by atoms with Gasteiger partial charge in [-0.3, -0.25) is 4.79 Å². The van der Waals surface area contributed by atoms with Crippen molar-refractivity contribution in [3.8, 4) is 0 Å². The maximum atomic E-state index is 12.2. The molecule has 0 aliphatic heterocycles. The number of hydrogen-bond donors (Lipinski definition) is 1. The van der Waals surface area contributed by atoms with Crippen molar-refractivity contribution in [2.24, 2.45) is 0 Å². The summed E-state index contributed by atoms with van der Waals surface area (Å²) in [4.78, 5) is 12.8. The Morgan fingerprint density at radius 3 is 2.95 bits per heavy atom. The fourth-order valence-electron chi connectivity index (χ4n) is 1.64. The highest BCUT2D eigenvalue weighted by molar-refractivity contribution is 9.10. The molecule has 4 nitrogen and oxygen atoms in total. The number of aromatic nitrogens is 2. The average Bonchev–Trinajstić information content (AvgIpc) is 2.83. The predicted octanol–water partition coefficient (Wildman–Crippen LogP) is 3.81. The molecule has 0 radical (unpaired) electrons. The lowest BCUT2D eigenvalue weighted by atomic mass is 10.2. The van der Waals surface area contributed by atoms with Crippen LogP contribution in [0.3, 0.4) is 0 Å². The van der Waals surface area contributed by atoms with Crippen molar-refractivity contribution in [1.29, 1.82) is 0 Å². The molecule has 0 saturated carbocycles. The molecular weight excluding hydrogens is 326 g/mol. The fourth-order valence-corrected chi connectivity index (χ4v) is 2.62. The first kappa shape index (κ1) is 14.1. The van der Waals surface area contributed by atoms with Crippen LogP contribution in [-0.2, 0) is 6.42 Å². The van der Waals surface area contributed by atoms with Crippen molar-refractivity contribution in [3.63, 3.8) is 0 Å². The summed E-state index contributed by atoms with van der Waals surface area (Å²) in [6.07, 6.45) is 1.72. The van der Waals surface area contributed by atoms with E-state index in [1.807, 2.05) is 25.1 Å². The Balaban J connectivity index is 2.16. The molecule has 1 N–H and O–H groups in total. The molecule has 2 rings (SSSR count). The fraction of sp³-hybridized carbons (Fsp3) is 0.308. The second-order valence-corrected chi connectivity index (χ2v) is 5.83. The van der Waals surface area contributed by atoms with Gasteiger partial charge in [0.1, 0.15) is 4.88 Å². The summed E-state index contributed by atoms with van der Waals surface area (Å²) in [7, 11) is 0. The van der Waals surface area contributed by atoms with Crippen LogP contribution in [0.5, 0.6) is 0 Å². The van der Waals surface area contributed by atoms with Crippen molar-refractivity contribution in [1.82, 2.24) is 9.59 Å². The van der Waals surface area contributed by atoms with E-state index in [2.05, 4.69) is 37.8 Å². The first-order valence-electron chi connectivity index (χ1n) is 6.00. The number of aryl methyl sites for hydroxylation is 2. The van der Waals surface area contributed by atoms with Gasteiger partial charge in [0.25, 0.3) is 5.91 Å². The lowest BCUT2D eigenvalue weighted by molar-refractivity contribution is 0.102. The smallest absolute Gasteiger partial charge is 0.269 e. The number of rotatable bonds is 4. The maximum Gasteiger partial charge on any atom is 0.269 e. The maximum absolute atomic E-state index is 12.2. The Morgan fingerprint density at radius 1 is 1.47 bits per heavy atom. The number of anilines is 1. The number of nitrogens with one attached hydrogen (secondary N) is 1. The van der Waals surface area contributed by atoms with E-state index in [-0.39, 0.29) is 5.91 Å². The first-order valence-corrected chi connectivity index (χ1v) is 7.57. The number of carbonyl (C=O) groups is 1. The summed E-state index contributed by atoms with van der Waals surface area (Å²) in [6, 6.07) is 5.73. The van der Waals surface area contributed by atoms with Crippen molar-refractivity contribution < 1.29 is 4.79 Å². The van der Waals surface area contributed by atoms with Crippen LogP contribution in [0.2, 0.25) is 0 Å². The SMILES string of the molecule is CCCc1nnsc1C(=O)Nc1ccc(C)c(Br)c1. The predicted molar refractivity (Wildman–Crippen MR) is 80.7 cm³/mol. The molecular formula is C13H14BrN3OS. The monoisotopic (exact) mass is 339 g/mol. The highest BCUT2D eigenvalue weighted by atomic mass is 79.9. The van der Waals surface area contributed by atoms with E-state index in [4.69, 9.17) is 0 Å². The van der Waals surface area contributed by atoms with Crippen molar-refractivity contribution >= 4 is 39.1 Å². The molecule has 0 aliphatic rings. The molecule has 1 aromatic carbocycles. The van der Waals surface area contributed by atoms with Gasteiger partial charge < -0.3 is 5.32 Å². The Morgan fingerprint density at radius 2 is 2.26 bits per heavy atom. The van der Waals surface area contributed by atoms with E-state index in [1.54, 1.807) is 0 Å². The van der Waals surface area contributed by atoms with E-state index >= 15 is 0 Å². The molecule has 1 amide bonds. The van der Waals surface area contributed by atoms with Crippen LogP contribution in [0.1, 0.15) is 34.3 Å². The van der Waals surface area contributed by atoms with Crippen LogP contribution < -0.4 is 5.32 Å². The zero-order valence-electron chi connectivity index (χ0n) is 10.7. The third-order valence-corrected chi connectivity index (χ3v) is 4.30. The lowest BCUT2D eigenvalue weighted by Gasteiger charge is -2.06. The van der Waals surface area contributed by atoms with Crippen LogP contribution in [0.4, 0.5) is 5.69 Å². The van der Waals surface area contributed by atoms with E-state index in [1.165, 1.54) is 0 Å². The third kappa shape index (κ3) is 3.39. The summed E-state index contributed by atoms with van der Waals surface area (Å²) >= 11 is 4.59. The number of halogens is 1. The minimum Gasteiger partial charge on any atom is -0.321 e. The molecule has 0 aliphatic carbocycles. The number of benzene rings is 1. The molecule has 0 unspecified atom stereocenters. The van der Waals surface area contributed by atoms with E-state index in [9.17, 15) is 4.79 Å². The van der Waals surface area contributed by atoms with Gasteiger partial charge in [-0.1, -0.05) is 39.8 Å². The number of hydrogen-bond acceptors (Lipinski definition) is 4. The van der Waals surface area contributed by atoms with Gasteiger partial charge in [0, 0.05) is 10.2 Å². The van der Waals surface area contributed by atoms with Crippen molar-refractivity contribution in [2.75, 3.05) is 5.32 Å². The van der Waals surface area contributed by atoms with Crippen LogP contribution in [0.15, 0.2) is 22.7 Å². The summed E-state index contributed by atoms with van der Waals surface area (Å²) in [6.45, 7) is 4.06. The molecule has 0 bridgehead atoms. The molecule has 2 aromatic rings. The Hall–Kier alpha value is -1.27.